The number of nitrogens with one attached hydrogen (secondary N) is 2. The maximum Gasteiger partial charge on any atom is 0.383 e. The lowest BCUT2D eigenvalue weighted by molar-refractivity contribution is -0.158. The average Bonchev–Trinajstić information content (AvgIpc) is 2.90. The van der Waals surface area contributed by atoms with Gasteiger partial charge in [-0.3, -0.25) is 14.4 Å². The molecule has 0 fully saturated rings. The highest BCUT2D eigenvalue weighted by Gasteiger charge is 2.37. The van der Waals surface area contributed by atoms with Crippen LogP contribution >= 0.6 is 67.8 Å². The zero-order chi connectivity index (χ0) is 29.3. The standard InChI is InChI=1S/C20H25I3N2O13/c21-11-9(18(35)24-1-6(29)3-26)12(22)17(13(23)10(11)19(36)25-2-7(30)4-27)38-20(37)16(34)15(33)14(32)8(31)5-28/h6-8,14-15,26-33H,1-5H2,(H,24,35)(H,25,36)/t6?,7?,8-,14+,15-/m0/s1. The van der Waals surface area contributed by atoms with Crippen LogP contribution in [0.25, 0.3) is 0 Å². The number of hydrogen-bond acceptors (Lipinski definition) is 13. The second kappa shape index (κ2) is 16.4. The van der Waals surface area contributed by atoms with E-state index in [1.807, 2.05) is 0 Å². The van der Waals surface area contributed by atoms with Gasteiger partial charge in [-0.15, -0.1) is 0 Å². The van der Waals surface area contributed by atoms with Crippen LogP contribution in [-0.4, -0.2) is 128 Å². The van der Waals surface area contributed by atoms with Crippen LogP contribution in [0.4, 0.5) is 0 Å². The largest absolute Gasteiger partial charge is 0.418 e. The number of ketones is 1. The van der Waals surface area contributed by atoms with Crippen LogP contribution in [0.3, 0.4) is 0 Å². The number of esters is 1. The van der Waals surface area contributed by atoms with Crippen molar-refractivity contribution in [3.05, 3.63) is 21.8 Å². The number of carbonyl (C=O) groups excluding carboxylic acids is 4. The van der Waals surface area contributed by atoms with Crippen LogP contribution in [0, 0.1) is 10.7 Å². The molecule has 0 aliphatic carbocycles. The number of Topliss-reactive ketones (excluding diaryl/α,β-unsaturated/α-hetero) is 1. The van der Waals surface area contributed by atoms with Gasteiger partial charge < -0.3 is 56.2 Å². The van der Waals surface area contributed by atoms with Crippen molar-refractivity contribution < 1.29 is 64.8 Å². The Hall–Kier alpha value is -0.830. The lowest BCUT2D eigenvalue weighted by Gasteiger charge is -2.21. The number of aliphatic hydroxyl groups is 8. The Labute approximate surface area is 256 Å². The van der Waals surface area contributed by atoms with Gasteiger partial charge in [0.2, 0.25) is 0 Å². The van der Waals surface area contributed by atoms with E-state index in [2.05, 4.69) is 10.6 Å². The van der Waals surface area contributed by atoms with Crippen molar-refractivity contribution in [1.82, 2.24) is 10.6 Å². The van der Waals surface area contributed by atoms with Gasteiger partial charge in [0.25, 0.3) is 17.6 Å². The predicted molar refractivity (Wildman–Crippen MR) is 151 cm³/mol. The van der Waals surface area contributed by atoms with Gasteiger partial charge in [0.15, 0.2) is 11.9 Å². The van der Waals surface area contributed by atoms with Gasteiger partial charge in [-0.25, -0.2) is 4.79 Å². The van der Waals surface area contributed by atoms with Crippen LogP contribution in [0.5, 0.6) is 5.75 Å². The molecule has 0 aliphatic rings. The quantitative estimate of drug-likeness (QED) is 0.0373. The fourth-order valence-electron chi connectivity index (χ4n) is 2.59. The molecule has 0 heterocycles. The minimum Gasteiger partial charge on any atom is -0.418 e. The monoisotopic (exact) mass is 882 g/mol. The summed E-state index contributed by atoms with van der Waals surface area (Å²) in [6.45, 7) is -3.12. The second-order valence-corrected chi connectivity index (χ2v) is 10.8. The van der Waals surface area contributed by atoms with E-state index in [-0.39, 0.29) is 34.9 Å². The van der Waals surface area contributed by atoms with E-state index in [0.29, 0.717) is 0 Å². The van der Waals surface area contributed by atoms with Crippen molar-refractivity contribution >= 4 is 91.3 Å². The van der Waals surface area contributed by atoms with Crippen LogP contribution in [-0.2, 0) is 9.59 Å². The van der Waals surface area contributed by atoms with Gasteiger partial charge in [0.05, 0.1) is 50.3 Å². The van der Waals surface area contributed by atoms with E-state index in [0.717, 1.165) is 0 Å². The Bertz CT molecular complexity index is 989. The van der Waals surface area contributed by atoms with Gasteiger partial charge in [0, 0.05) is 16.7 Å². The van der Waals surface area contributed by atoms with E-state index in [4.69, 9.17) is 20.1 Å². The molecule has 0 bridgehead atoms. The molecule has 10 N–H and O–H groups in total. The summed E-state index contributed by atoms with van der Waals surface area (Å²) in [6.07, 6.45) is -9.27. The molecule has 2 unspecified atom stereocenters. The molecular formula is C20H25I3N2O13. The number of aliphatic hydroxyl groups excluding tert-OH is 8. The fourth-order valence-corrected chi connectivity index (χ4v) is 6.96. The second-order valence-electron chi connectivity index (χ2n) is 7.55. The maximum atomic E-state index is 12.9. The fraction of sp³-hybridized carbons (Fsp3) is 0.500. The maximum absolute atomic E-state index is 12.9. The molecule has 38 heavy (non-hydrogen) atoms. The molecular weight excluding hydrogens is 857 g/mol. The van der Waals surface area contributed by atoms with Crippen LogP contribution in [0.15, 0.2) is 0 Å². The number of halogens is 3. The molecule has 0 aromatic heterocycles. The highest BCUT2D eigenvalue weighted by molar-refractivity contribution is 14.1. The summed E-state index contributed by atoms with van der Waals surface area (Å²) in [5.74, 6) is -5.63. The molecule has 1 aromatic rings. The van der Waals surface area contributed by atoms with Crippen molar-refractivity contribution in [3.8, 4) is 5.75 Å². The number of rotatable bonds is 14. The number of ether oxygens (including phenoxy) is 1. The Morgan fingerprint density at radius 2 is 1.13 bits per heavy atom. The molecule has 2 amide bonds. The first-order valence-electron chi connectivity index (χ1n) is 10.5. The Morgan fingerprint density at radius 3 is 1.50 bits per heavy atom. The predicted octanol–water partition coefficient (Wildman–Crippen LogP) is -3.78. The third-order valence-electron chi connectivity index (χ3n) is 4.72. The summed E-state index contributed by atoms with van der Waals surface area (Å²) in [5, 5.41) is 79.7. The number of carbonyl (C=O) groups is 4. The summed E-state index contributed by atoms with van der Waals surface area (Å²) < 4.78 is 4.97. The zero-order valence-corrected chi connectivity index (χ0v) is 25.6. The Morgan fingerprint density at radius 1 is 0.711 bits per heavy atom. The van der Waals surface area contributed by atoms with E-state index < -0.39 is 79.7 Å². The smallest absolute Gasteiger partial charge is 0.383 e. The summed E-state index contributed by atoms with van der Waals surface area (Å²) in [7, 11) is 0. The lowest BCUT2D eigenvalue weighted by Crippen LogP contribution is -2.47. The lowest BCUT2D eigenvalue weighted by atomic mass is 10.0. The Kier molecular flexibility index (Phi) is 15.2. The van der Waals surface area contributed by atoms with Crippen molar-refractivity contribution in [2.45, 2.75) is 30.5 Å². The molecule has 0 saturated carbocycles. The number of amides is 2. The van der Waals surface area contributed by atoms with Crippen LogP contribution < -0.4 is 15.4 Å². The highest BCUT2D eigenvalue weighted by atomic mass is 127. The third kappa shape index (κ3) is 9.10. The topological polar surface area (TPSA) is 263 Å². The number of hydrogen-bond donors (Lipinski definition) is 10. The van der Waals surface area contributed by atoms with Gasteiger partial charge in [-0.2, -0.15) is 0 Å². The van der Waals surface area contributed by atoms with Gasteiger partial charge in [0.1, 0.15) is 12.2 Å². The normalized spacial score (nSPS) is 15.1. The molecule has 1 aromatic carbocycles. The van der Waals surface area contributed by atoms with E-state index >= 15 is 0 Å². The summed E-state index contributed by atoms with van der Waals surface area (Å²) >= 11 is 4.85. The Balaban J connectivity index is 3.55. The van der Waals surface area contributed by atoms with Crippen LogP contribution in [0.2, 0.25) is 0 Å². The molecule has 0 saturated heterocycles. The molecule has 5 atom stereocenters. The van der Waals surface area contributed by atoms with Crippen molar-refractivity contribution in [2.75, 3.05) is 32.9 Å². The van der Waals surface area contributed by atoms with Crippen LogP contribution in [0.1, 0.15) is 20.7 Å². The third-order valence-corrected chi connectivity index (χ3v) is 7.86. The highest BCUT2D eigenvalue weighted by Crippen LogP contribution is 2.37. The van der Waals surface area contributed by atoms with E-state index in [1.54, 1.807) is 67.8 Å². The molecule has 0 spiro atoms. The van der Waals surface area contributed by atoms with Crippen molar-refractivity contribution in [3.63, 3.8) is 0 Å². The summed E-state index contributed by atoms with van der Waals surface area (Å²) in [5.41, 5.74) is -0.452. The summed E-state index contributed by atoms with van der Waals surface area (Å²) in [6, 6.07) is 0. The molecule has 0 aliphatic heterocycles. The van der Waals surface area contributed by atoms with E-state index in [9.17, 15) is 44.7 Å². The minimum absolute atomic E-state index is 0.0380. The first-order chi connectivity index (χ1) is 17.7. The van der Waals surface area contributed by atoms with E-state index in [1.165, 1.54) is 0 Å². The first-order valence-corrected chi connectivity index (χ1v) is 13.7. The molecule has 1 rings (SSSR count). The first kappa shape index (κ1) is 35.2. The average molecular weight is 882 g/mol. The van der Waals surface area contributed by atoms with Gasteiger partial charge in [-0.05, 0) is 67.8 Å². The molecule has 214 valence electrons. The van der Waals surface area contributed by atoms with Gasteiger partial charge in [-0.1, -0.05) is 0 Å². The molecule has 0 radical (unpaired) electrons. The number of benzene rings is 1. The zero-order valence-electron chi connectivity index (χ0n) is 19.2. The van der Waals surface area contributed by atoms with Gasteiger partial charge >= 0.3 is 5.97 Å². The molecule has 15 nitrogen and oxygen atoms in total. The molecule has 18 heteroatoms. The SMILES string of the molecule is O=C(Oc1c(I)c(C(=O)NCC(O)CO)c(I)c(C(=O)NCC(O)CO)c1I)C(=O)[C@@H](O)[C@H](O)[C@@H](O)CO. The van der Waals surface area contributed by atoms with Crippen molar-refractivity contribution in [1.29, 1.82) is 0 Å². The van der Waals surface area contributed by atoms with Crippen molar-refractivity contribution in [2.24, 2.45) is 0 Å². The summed E-state index contributed by atoms with van der Waals surface area (Å²) in [4.78, 5) is 50.7. The minimum atomic E-state index is -2.48.